The molecule has 2 atom stereocenters. The summed E-state index contributed by atoms with van der Waals surface area (Å²) in [6.07, 6.45) is -1.15. The third-order valence-electron chi connectivity index (χ3n) is 3.71. The highest BCUT2D eigenvalue weighted by molar-refractivity contribution is 5.82. The fourth-order valence-corrected chi connectivity index (χ4v) is 1.87. The van der Waals surface area contributed by atoms with Gasteiger partial charge in [-0.3, -0.25) is 9.59 Å². The van der Waals surface area contributed by atoms with E-state index in [4.69, 9.17) is 9.84 Å². The Labute approximate surface area is 129 Å². The molecule has 2 N–H and O–H groups in total. The first-order chi connectivity index (χ1) is 10.2. The van der Waals surface area contributed by atoms with Gasteiger partial charge in [0.15, 0.2) is 17.7 Å². The Morgan fingerprint density at radius 1 is 1.32 bits per heavy atom. The number of rotatable bonds is 7. The van der Waals surface area contributed by atoms with E-state index in [-0.39, 0.29) is 18.1 Å². The molecule has 0 spiro atoms. The van der Waals surface area contributed by atoms with Gasteiger partial charge < -0.3 is 15.2 Å². The van der Waals surface area contributed by atoms with Crippen molar-refractivity contribution in [2.24, 2.45) is 5.92 Å². The summed E-state index contributed by atoms with van der Waals surface area (Å²) >= 11 is 0. The van der Waals surface area contributed by atoms with E-state index in [0.29, 0.717) is 0 Å². The molecule has 0 aliphatic heterocycles. The molecule has 122 valence electrons. The largest absolute Gasteiger partial charge is 0.481 e. The number of aliphatic carboxylic acids is 1. The van der Waals surface area contributed by atoms with Crippen LogP contribution in [-0.4, -0.2) is 28.6 Å². The number of carbonyl (C=O) groups excluding carboxylic acids is 1. The summed E-state index contributed by atoms with van der Waals surface area (Å²) in [6.45, 7) is 6.81. The Bertz CT molecular complexity index is 547. The van der Waals surface area contributed by atoms with Crippen LogP contribution >= 0.6 is 0 Å². The predicted octanol–water partition coefficient (Wildman–Crippen LogP) is 2.60. The number of carboxylic acids is 1. The van der Waals surface area contributed by atoms with Gasteiger partial charge in [-0.2, -0.15) is 0 Å². The van der Waals surface area contributed by atoms with Crippen molar-refractivity contribution in [2.75, 3.05) is 0 Å². The summed E-state index contributed by atoms with van der Waals surface area (Å²) in [4.78, 5) is 23.2. The number of hydrogen-bond donors (Lipinski definition) is 2. The SMILES string of the molecule is CC(Oc1ccccc1F)C(=O)NC(C)(CC(=O)O)C(C)C. The molecule has 1 aromatic rings. The first kappa shape index (κ1) is 17.9. The van der Waals surface area contributed by atoms with Crippen molar-refractivity contribution in [3.05, 3.63) is 30.1 Å². The van der Waals surface area contributed by atoms with Crippen molar-refractivity contribution in [1.29, 1.82) is 0 Å². The van der Waals surface area contributed by atoms with Gasteiger partial charge in [-0.1, -0.05) is 26.0 Å². The Kier molecular flexibility index (Phi) is 5.91. The van der Waals surface area contributed by atoms with Crippen molar-refractivity contribution >= 4 is 11.9 Å². The molecule has 0 saturated carbocycles. The highest BCUT2D eigenvalue weighted by Crippen LogP contribution is 2.22. The summed E-state index contributed by atoms with van der Waals surface area (Å²) in [5, 5.41) is 11.7. The number of benzene rings is 1. The Morgan fingerprint density at radius 2 is 1.91 bits per heavy atom. The monoisotopic (exact) mass is 311 g/mol. The van der Waals surface area contributed by atoms with E-state index >= 15 is 0 Å². The van der Waals surface area contributed by atoms with E-state index in [0.717, 1.165) is 0 Å². The first-order valence-corrected chi connectivity index (χ1v) is 7.10. The second kappa shape index (κ2) is 7.24. The second-order valence-electron chi connectivity index (χ2n) is 5.82. The smallest absolute Gasteiger partial charge is 0.305 e. The number of halogens is 1. The number of hydrogen-bond acceptors (Lipinski definition) is 3. The number of amides is 1. The van der Waals surface area contributed by atoms with E-state index in [9.17, 15) is 14.0 Å². The van der Waals surface area contributed by atoms with Crippen molar-refractivity contribution in [1.82, 2.24) is 5.32 Å². The van der Waals surface area contributed by atoms with Crippen LogP contribution in [0.25, 0.3) is 0 Å². The molecular weight excluding hydrogens is 289 g/mol. The van der Waals surface area contributed by atoms with E-state index in [1.807, 2.05) is 13.8 Å². The molecule has 0 heterocycles. The zero-order valence-electron chi connectivity index (χ0n) is 13.2. The van der Waals surface area contributed by atoms with Gasteiger partial charge in [0, 0.05) is 0 Å². The van der Waals surface area contributed by atoms with Crippen LogP contribution in [0.5, 0.6) is 5.75 Å². The standard InChI is InChI=1S/C16H22FNO4/c1-10(2)16(4,9-14(19)20)18-15(21)11(3)22-13-8-6-5-7-12(13)17/h5-8,10-11H,9H2,1-4H3,(H,18,21)(H,19,20). The molecule has 6 heteroatoms. The summed E-state index contributed by atoms with van der Waals surface area (Å²) in [5.41, 5.74) is -0.907. The van der Waals surface area contributed by atoms with Crippen molar-refractivity contribution in [2.45, 2.75) is 45.8 Å². The zero-order chi connectivity index (χ0) is 16.9. The molecule has 0 radical (unpaired) electrons. The van der Waals surface area contributed by atoms with Crippen molar-refractivity contribution < 1.29 is 23.8 Å². The number of ether oxygens (including phenoxy) is 1. The van der Waals surface area contributed by atoms with Crippen LogP contribution in [0.1, 0.15) is 34.1 Å². The molecule has 0 saturated heterocycles. The number of nitrogens with one attached hydrogen (secondary N) is 1. The number of carbonyl (C=O) groups is 2. The van der Waals surface area contributed by atoms with Crippen molar-refractivity contribution in [3.63, 3.8) is 0 Å². The van der Waals surface area contributed by atoms with Gasteiger partial charge in [0.1, 0.15) is 0 Å². The van der Waals surface area contributed by atoms with Gasteiger partial charge in [-0.15, -0.1) is 0 Å². The molecule has 5 nitrogen and oxygen atoms in total. The van der Waals surface area contributed by atoms with Crippen LogP contribution in [0.3, 0.4) is 0 Å². The fourth-order valence-electron chi connectivity index (χ4n) is 1.87. The maximum Gasteiger partial charge on any atom is 0.305 e. The van der Waals surface area contributed by atoms with Crippen LogP contribution in [-0.2, 0) is 9.59 Å². The molecule has 0 aromatic heterocycles. The van der Waals surface area contributed by atoms with Crippen LogP contribution < -0.4 is 10.1 Å². The number of carboxylic acid groups (broad SMARTS) is 1. The van der Waals surface area contributed by atoms with E-state index in [2.05, 4.69) is 5.32 Å². The van der Waals surface area contributed by atoms with E-state index in [1.54, 1.807) is 13.0 Å². The van der Waals surface area contributed by atoms with Gasteiger partial charge >= 0.3 is 5.97 Å². The molecule has 2 unspecified atom stereocenters. The van der Waals surface area contributed by atoms with Crippen LogP contribution in [0.2, 0.25) is 0 Å². The molecular formula is C16H22FNO4. The highest BCUT2D eigenvalue weighted by Gasteiger charge is 2.34. The van der Waals surface area contributed by atoms with Gasteiger partial charge in [-0.25, -0.2) is 4.39 Å². The zero-order valence-corrected chi connectivity index (χ0v) is 13.2. The van der Waals surface area contributed by atoms with Gasteiger partial charge in [0.2, 0.25) is 0 Å². The van der Waals surface area contributed by atoms with Crippen LogP contribution in [0, 0.1) is 11.7 Å². The van der Waals surface area contributed by atoms with Crippen molar-refractivity contribution in [3.8, 4) is 5.75 Å². The van der Waals surface area contributed by atoms with Gasteiger partial charge in [0.25, 0.3) is 5.91 Å². The second-order valence-corrected chi connectivity index (χ2v) is 5.82. The lowest BCUT2D eigenvalue weighted by molar-refractivity contribution is -0.140. The average molecular weight is 311 g/mol. The minimum atomic E-state index is -1.00. The molecule has 1 amide bonds. The summed E-state index contributed by atoms with van der Waals surface area (Å²) in [6, 6.07) is 5.79. The molecule has 0 fully saturated rings. The Balaban J connectivity index is 2.77. The lowest BCUT2D eigenvalue weighted by Gasteiger charge is -2.34. The summed E-state index contributed by atoms with van der Waals surface area (Å²) < 4.78 is 18.8. The third-order valence-corrected chi connectivity index (χ3v) is 3.71. The minimum absolute atomic E-state index is 0.0189. The Morgan fingerprint density at radius 3 is 2.41 bits per heavy atom. The topological polar surface area (TPSA) is 75.6 Å². The number of para-hydroxylation sites is 1. The lowest BCUT2D eigenvalue weighted by atomic mass is 9.85. The average Bonchev–Trinajstić information content (AvgIpc) is 2.40. The summed E-state index contributed by atoms with van der Waals surface area (Å²) in [7, 11) is 0. The molecule has 1 aromatic carbocycles. The molecule has 0 aliphatic carbocycles. The summed E-state index contributed by atoms with van der Waals surface area (Å²) in [5.74, 6) is -2.15. The maximum absolute atomic E-state index is 13.5. The van der Waals surface area contributed by atoms with Gasteiger partial charge in [-0.05, 0) is 31.9 Å². The van der Waals surface area contributed by atoms with Gasteiger partial charge in [0.05, 0.1) is 12.0 Å². The fraction of sp³-hybridized carbons (Fsp3) is 0.500. The highest BCUT2D eigenvalue weighted by atomic mass is 19.1. The quantitative estimate of drug-likeness (QED) is 0.811. The molecule has 0 aliphatic rings. The third kappa shape index (κ3) is 4.72. The molecule has 22 heavy (non-hydrogen) atoms. The maximum atomic E-state index is 13.5. The minimum Gasteiger partial charge on any atom is -0.481 e. The van der Waals surface area contributed by atoms with E-state index in [1.165, 1.54) is 25.1 Å². The Hall–Kier alpha value is -2.11. The lowest BCUT2D eigenvalue weighted by Crippen LogP contribution is -2.54. The predicted molar refractivity (Wildman–Crippen MR) is 80.1 cm³/mol. The molecule has 0 bridgehead atoms. The first-order valence-electron chi connectivity index (χ1n) is 7.10. The van der Waals surface area contributed by atoms with Crippen LogP contribution in [0.15, 0.2) is 24.3 Å². The molecule has 1 rings (SSSR count). The van der Waals surface area contributed by atoms with Crippen LogP contribution in [0.4, 0.5) is 4.39 Å². The normalized spacial score (nSPS) is 15.0. The van der Waals surface area contributed by atoms with E-state index < -0.39 is 29.3 Å².